The zero-order valence-corrected chi connectivity index (χ0v) is 5.26. The molecule has 9 heavy (non-hydrogen) atoms. The van der Waals surface area contributed by atoms with Crippen LogP contribution in [-0.4, -0.2) is 36.8 Å². The third kappa shape index (κ3) is 11.4. The molecular formula is C2H8O6S. The summed E-state index contributed by atoms with van der Waals surface area (Å²) >= 11 is 0. The molecule has 7 heteroatoms. The van der Waals surface area contributed by atoms with Gasteiger partial charge in [-0.2, -0.15) is 8.42 Å². The maximum Gasteiger partial charge on any atom is 0.397 e. The molecule has 6 nitrogen and oxygen atoms in total. The molecule has 0 rings (SSSR count). The summed E-state index contributed by atoms with van der Waals surface area (Å²) in [6.45, 7) is -0.835. The van der Waals surface area contributed by atoms with E-state index in [1.54, 1.807) is 0 Å². The van der Waals surface area contributed by atoms with Gasteiger partial charge in [-0.1, -0.05) is 0 Å². The molecule has 0 fully saturated rings. The van der Waals surface area contributed by atoms with Gasteiger partial charge < -0.3 is 10.6 Å². The summed E-state index contributed by atoms with van der Waals surface area (Å²) in [7, 11) is -4.35. The Morgan fingerprint density at radius 1 is 1.44 bits per heavy atom. The Morgan fingerprint density at radius 3 is 2.00 bits per heavy atom. The quantitative estimate of drug-likeness (QED) is 0.462. The summed E-state index contributed by atoms with van der Waals surface area (Å²) in [6.07, 6.45) is 0. The Kier molecular flexibility index (Phi) is 5.98. The SMILES string of the molecule is O.O=S(=O)(O)OCCO. The smallest absolute Gasteiger partial charge is 0.397 e. The molecule has 58 valence electrons. The summed E-state index contributed by atoms with van der Waals surface area (Å²) < 4.78 is 30.7. The van der Waals surface area contributed by atoms with Crippen molar-refractivity contribution in [1.82, 2.24) is 0 Å². The Hall–Kier alpha value is -0.210. The standard InChI is InChI=1S/C2H6O5S.H2O/c3-1-2-7-8(4,5)6;/h3H,1-2H2,(H,4,5,6);1H2. The van der Waals surface area contributed by atoms with Crippen LogP contribution in [0.3, 0.4) is 0 Å². The maximum atomic E-state index is 9.61. The molecule has 0 radical (unpaired) electrons. The van der Waals surface area contributed by atoms with Gasteiger partial charge in [-0.3, -0.25) is 4.55 Å². The van der Waals surface area contributed by atoms with E-state index in [0.717, 1.165) is 0 Å². The van der Waals surface area contributed by atoms with E-state index in [-0.39, 0.29) is 5.48 Å². The molecular weight excluding hydrogens is 152 g/mol. The molecule has 0 bridgehead atoms. The van der Waals surface area contributed by atoms with Gasteiger partial charge >= 0.3 is 10.4 Å². The van der Waals surface area contributed by atoms with Gasteiger partial charge in [0.2, 0.25) is 0 Å². The zero-order valence-electron chi connectivity index (χ0n) is 4.44. The maximum absolute atomic E-state index is 9.61. The van der Waals surface area contributed by atoms with E-state index in [2.05, 4.69) is 4.18 Å². The fraction of sp³-hybridized carbons (Fsp3) is 1.00. The monoisotopic (exact) mass is 160 g/mol. The summed E-state index contributed by atoms with van der Waals surface area (Å²) in [5.74, 6) is 0. The minimum Gasteiger partial charge on any atom is -0.412 e. The molecule has 0 amide bonds. The van der Waals surface area contributed by atoms with Crippen LogP contribution in [0.25, 0.3) is 0 Å². The number of hydrogen-bond donors (Lipinski definition) is 2. The molecule has 0 aliphatic rings. The highest BCUT2D eigenvalue weighted by Crippen LogP contribution is 1.81. The van der Waals surface area contributed by atoms with Crippen molar-refractivity contribution in [2.45, 2.75) is 0 Å². The number of aliphatic hydroxyl groups is 1. The van der Waals surface area contributed by atoms with Crippen molar-refractivity contribution in [2.75, 3.05) is 13.2 Å². The zero-order chi connectivity index (χ0) is 6.62. The van der Waals surface area contributed by atoms with Crippen LogP contribution >= 0.6 is 0 Å². The fourth-order valence-electron chi connectivity index (χ4n) is 0.143. The molecule has 0 saturated carbocycles. The summed E-state index contributed by atoms with van der Waals surface area (Å²) in [6, 6.07) is 0. The van der Waals surface area contributed by atoms with Gasteiger partial charge in [-0.25, -0.2) is 4.18 Å². The van der Waals surface area contributed by atoms with Crippen molar-refractivity contribution < 1.29 is 27.7 Å². The van der Waals surface area contributed by atoms with E-state index < -0.39 is 23.6 Å². The van der Waals surface area contributed by atoms with Gasteiger partial charge in [0, 0.05) is 0 Å². The van der Waals surface area contributed by atoms with Crippen molar-refractivity contribution in [3.8, 4) is 0 Å². The Balaban J connectivity index is 0. The lowest BCUT2D eigenvalue weighted by molar-refractivity contribution is 0.188. The second-order valence-electron chi connectivity index (χ2n) is 0.973. The average Bonchev–Trinajstić information content (AvgIpc) is 1.59. The molecule has 0 aliphatic heterocycles. The molecule has 0 aromatic heterocycles. The van der Waals surface area contributed by atoms with Gasteiger partial charge in [-0.05, 0) is 0 Å². The third-order valence-corrected chi connectivity index (χ3v) is 0.788. The van der Waals surface area contributed by atoms with Crippen LogP contribution in [0.2, 0.25) is 0 Å². The first kappa shape index (κ1) is 11.6. The first-order chi connectivity index (χ1) is 3.56. The molecule has 0 atom stereocenters. The van der Waals surface area contributed by atoms with Crippen molar-refractivity contribution in [3.05, 3.63) is 0 Å². The highest BCUT2D eigenvalue weighted by Gasteiger charge is 2.00. The van der Waals surface area contributed by atoms with Crippen LogP contribution in [0.1, 0.15) is 0 Å². The van der Waals surface area contributed by atoms with Crippen LogP contribution in [0.15, 0.2) is 0 Å². The van der Waals surface area contributed by atoms with Crippen LogP contribution in [0.5, 0.6) is 0 Å². The van der Waals surface area contributed by atoms with Crippen molar-refractivity contribution >= 4 is 10.4 Å². The van der Waals surface area contributed by atoms with E-state index in [4.69, 9.17) is 9.66 Å². The second kappa shape index (κ2) is 4.65. The highest BCUT2D eigenvalue weighted by molar-refractivity contribution is 7.80. The third-order valence-electron chi connectivity index (χ3n) is 0.324. The molecule has 0 aromatic rings. The predicted molar refractivity (Wildman–Crippen MR) is 28.2 cm³/mol. The van der Waals surface area contributed by atoms with Crippen LogP contribution in [0, 0.1) is 0 Å². The first-order valence-electron chi connectivity index (χ1n) is 1.79. The molecule has 0 aliphatic carbocycles. The Bertz CT molecular complexity index is 135. The van der Waals surface area contributed by atoms with Crippen LogP contribution < -0.4 is 0 Å². The molecule has 0 unspecified atom stereocenters. The molecule has 0 spiro atoms. The predicted octanol–water partition coefficient (Wildman–Crippen LogP) is -2.03. The number of aliphatic hydroxyl groups excluding tert-OH is 1. The largest absolute Gasteiger partial charge is 0.412 e. The lowest BCUT2D eigenvalue weighted by Gasteiger charge is -1.92. The van der Waals surface area contributed by atoms with E-state index in [1.165, 1.54) is 0 Å². The van der Waals surface area contributed by atoms with Crippen molar-refractivity contribution in [1.29, 1.82) is 0 Å². The van der Waals surface area contributed by atoms with E-state index in [0.29, 0.717) is 0 Å². The lowest BCUT2D eigenvalue weighted by Crippen LogP contribution is -2.06. The summed E-state index contributed by atoms with van der Waals surface area (Å²) in [4.78, 5) is 0. The van der Waals surface area contributed by atoms with Crippen molar-refractivity contribution in [3.63, 3.8) is 0 Å². The van der Waals surface area contributed by atoms with E-state index in [1.807, 2.05) is 0 Å². The van der Waals surface area contributed by atoms with E-state index in [9.17, 15) is 8.42 Å². The normalized spacial score (nSPS) is 10.4. The lowest BCUT2D eigenvalue weighted by atomic mass is 10.8. The highest BCUT2D eigenvalue weighted by atomic mass is 32.3. The Morgan fingerprint density at radius 2 is 1.89 bits per heavy atom. The van der Waals surface area contributed by atoms with Gasteiger partial charge in [0.25, 0.3) is 0 Å². The minimum atomic E-state index is -4.35. The Labute approximate surface area is 52.3 Å². The van der Waals surface area contributed by atoms with Crippen LogP contribution in [-0.2, 0) is 14.6 Å². The number of rotatable bonds is 3. The summed E-state index contributed by atoms with van der Waals surface area (Å²) in [5, 5.41) is 7.93. The van der Waals surface area contributed by atoms with E-state index >= 15 is 0 Å². The van der Waals surface area contributed by atoms with Crippen molar-refractivity contribution in [2.24, 2.45) is 0 Å². The van der Waals surface area contributed by atoms with Gasteiger partial charge in [0.15, 0.2) is 0 Å². The molecule has 0 saturated heterocycles. The minimum absolute atomic E-state index is 0. The van der Waals surface area contributed by atoms with Gasteiger partial charge in [0.1, 0.15) is 0 Å². The van der Waals surface area contributed by atoms with Crippen LogP contribution in [0.4, 0.5) is 0 Å². The molecule has 0 heterocycles. The number of hydrogen-bond acceptors (Lipinski definition) is 4. The summed E-state index contributed by atoms with van der Waals surface area (Å²) in [5.41, 5.74) is 0. The molecule has 4 N–H and O–H groups in total. The topological polar surface area (TPSA) is 115 Å². The average molecular weight is 160 g/mol. The van der Waals surface area contributed by atoms with Gasteiger partial charge in [0.05, 0.1) is 13.2 Å². The fourth-order valence-corrected chi connectivity index (χ4v) is 0.428. The first-order valence-corrected chi connectivity index (χ1v) is 3.15. The second-order valence-corrected chi connectivity index (χ2v) is 2.06. The van der Waals surface area contributed by atoms with Gasteiger partial charge in [-0.15, -0.1) is 0 Å². The molecule has 0 aromatic carbocycles.